The van der Waals surface area contributed by atoms with Crippen LogP contribution in [0.4, 0.5) is 0 Å². The molecule has 0 unspecified atom stereocenters. The lowest BCUT2D eigenvalue weighted by Gasteiger charge is -2.05. The third kappa shape index (κ3) is 1.65. The van der Waals surface area contributed by atoms with E-state index >= 15 is 0 Å². The van der Waals surface area contributed by atoms with Gasteiger partial charge >= 0.3 is 0 Å². The fourth-order valence-electron chi connectivity index (χ4n) is 1.33. The molecule has 0 aliphatic carbocycles. The molecule has 0 saturated heterocycles. The van der Waals surface area contributed by atoms with Crippen molar-refractivity contribution in [3.05, 3.63) is 11.1 Å². The molecule has 1 aliphatic heterocycles. The van der Waals surface area contributed by atoms with E-state index in [1.165, 1.54) is 12.3 Å². The van der Waals surface area contributed by atoms with Crippen LogP contribution in [0.15, 0.2) is 11.1 Å². The number of allylic oxidation sites excluding steroid dienone is 2. The van der Waals surface area contributed by atoms with Crippen LogP contribution in [0.25, 0.3) is 0 Å². The van der Waals surface area contributed by atoms with Gasteiger partial charge < -0.3 is 0 Å². The quantitative estimate of drug-likeness (QED) is 0.387. The molecule has 0 aromatic rings. The number of hydrogen-bond donors (Lipinski definition) is 0. The maximum Gasteiger partial charge on any atom is -0.00232 e. The fraction of sp³-hybridized carbons (Fsp3) is 0.714. The fourth-order valence-corrected chi connectivity index (χ4v) is 5.15. The maximum absolute atomic E-state index is 5.43. The van der Waals surface area contributed by atoms with Gasteiger partial charge in [-0.1, -0.05) is 23.0 Å². The van der Waals surface area contributed by atoms with Gasteiger partial charge in [-0.05, 0) is 38.9 Å². The molecule has 0 fully saturated rings. The van der Waals surface area contributed by atoms with Crippen LogP contribution in [0.5, 0.6) is 0 Å². The van der Waals surface area contributed by atoms with Crippen molar-refractivity contribution in [2.75, 3.05) is 19.0 Å². The van der Waals surface area contributed by atoms with E-state index in [1.54, 1.807) is 11.1 Å². The van der Waals surface area contributed by atoms with E-state index in [-0.39, 0.29) is 0 Å². The molecule has 0 N–H and O–H groups in total. The Morgan fingerprint density at radius 3 is 1.67 bits per heavy atom. The summed E-state index contributed by atoms with van der Waals surface area (Å²) < 4.78 is 0. The van der Waals surface area contributed by atoms with Crippen molar-refractivity contribution < 1.29 is 0 Å². The highest BCUT2D eigenvalue weighted by Gasteiger charge is 2.19. The standard InChI is InChI=1S/C7H13PS/c1-6-4-8(3,9)5-7(6)2/h4-5H2,1-3H3. The molecule has 1 heterocycles. The second-order valence-electron chi connectivity index (χ2n) is 3.17. The Labute approximate surface area is 62.4 Å². The largest absolute Gasteiger partial charge is 0.0971 e. The second-order valence-corrected chi connectivity index (χ2v) is 9.04. The summed E-state index contributed by atoms with van der Waals surface area (Å²) in [5.41, 5.74) is 3.11. The summed E-state index contributed by atoms with van der Waals surface area (Å²) in [4.78, 5) is 0. The van der Waals surface area contributed by atoms with Gasteiger partial charge in [-0.15, -0.1) is 0 Å². The van der Waals surface area contributed by atoms with Gasteiger partial charge in [0.2, 0.25) is 0 Å². The monoisotopic (exact) mass is 160 g/mol. The first-order valence-corrected chi connectivity index (χ1v) is 6.84. The Kier molecular flexibility index (Phi) is 1.84. The molecule has 0 aromatic carbocycles. The second kappa shape index (κ2) is 2.21. The first-order valence-electron chi connectivity index (χ1n) is 3.22. The Hall–Kier alpha value is 0.390. The van der Waals surface area contributed by atoms with Crippen molar-refractivity contribution in [2.45, 2.75) is 13.8 Å². The normalized spacial score (nSPS) is 25.2. The molecule has 2 heteroatoms. The molecule has 0 saturated carbocycles. The van der Waals surface area contributed by atoms with E-state index in [4.69, 9.17) is 11.8 Å². The highest BCUT2D eigenvalue weighted by molar-refractivity contribution is 8.14. The van der Waals surface area contributed by atoms with E-state index < -0.39 is 6.04 Å². The van der Waals surface area contributed by atoms with Crippen molar-refractivity contribution in [1.82, 2.24) is 0 Å². The summed E-state index contributed by atoms with van der Waals surface area (Å²) in [6.45, 7) is 6.70. The Morgan fingerprint density at radius 2 is 1.56 bits per heavy atom. The van der Waals surface area contributed by atoms with Gasteiger partial charge in [0.1, 0.15) is 0 Å². The van der Waals surface area contributed by atoms with Crippen LogP contribution < -0.4 is 0 Å². The van der Waals surface area contributed by atoms with Crippen molar-refractivity contribution in [3.63, 3.8) is 0 Å². The zero-order chi connectivity index (χ0) is 7.07. The minimum absolute atomic E-state index is 0.896. The predicted octanol–water partition coefficient (Wildman–Crippen LogP) is 2.45. The Bertz CT molecular complexity index is 185. The summed E-state index contributed by atoms with van der Waals surface area (Å²) in [6.07, 6.45) is 2.46. The summed E-state index contributed by atoms with van der Waals surface area (Å²) >= 11 is 5.43. The topological polar surface area (TPSA) is 0 Å². The van der Waals surface area contributed by atoms with Gasteiger partial charge in [0.15, 0.2) is 0 Å². The van der Waals surface area contributed by atoms with Gasteiger partial charge in [-0.2, -0.15) is 0 Å². The summed E-state index contributed by atoms with van der Waals surface area (Å²) in [5, 5.41) is 0. The van der Waals surface area contributed by atoms with E-state index in [9.17, 15) is 0 Å². The number of hydrogen-bond acceptors (Lipinski definition) is 1. The molecule has 0 atom stereocenters. The van der Waals surface area contributed by atoms with Crippen LogP contribution in [0.1, 0.15) is 13.8 Å². The molecule has 9 heavy (non-hydrogen) atoms. The van der Waals surface area contributed by atoms with Gasteiger partial charge in [-0.3, -0.25) is 0 Å². The first kappa shape index (κ1) is 7.50. The molecule has 1 aliphatic rings. The lowest BCUT2D eigenvalue weighted by molar-refractivity contribution is 1.29. The highest BCUT2D eigenvalue weighted by Crippen LogP contribution is 2.50. The third-order valence-corrected chi connectivity index (χ3v) is 4.93. The highest BCUT2D eigenvalue weighted by atomic mass is 32.4. The average molecular weight is 160 g/mol. The summed E-state index contributed by atoms with van der Waals surface area (Å²) in [7, 11) is 0. The number of rotatable bonds is 0. The SMILES string of the molecule is CC1=C(C)CP(C)(=S)C1. The molecule has 0 bridgehead atoms. The zero-order valence-electron chi connectivity index (χ0n) is 6.27. The van der Waals surface area contributed by atoms with Crippen molar-refractivity contribution >= 4 is 17.8 Å². The smallest absolute Gasteiger partial charge is 0.00232 e. The Balaban J connectivity index is 2.82. The molecular weight excluding hydrogens is 147 g/mol. The van der Waals surface area contributed by atoms with Crippen molar-refractivity contribution in [2.24, 2.45) is 0 Å². The molecular formula is C7H13PS. The van der Waals surface area contributed by atoms with Crippen LogP contribution in [0.3, 0.4) is 0 Å². The van der Waals surface area contributed by atoms with E-state index in [0.29, 0.717) is 0 Å². The molecule has 0 radical (unpaired) electrons. The lowest BCUT2D eigenvalue weighted by atomic mass is 10.2. The van der Waals surface area contributed by atoms with Gasteiger partial charge in [0.05, 0.1) is 0 Å². The van der Waals surface area contributed by atoms with Crippen LogP contribution in [0, 0.1) is 0 Å². The summed E-state index contributed by atoms with van der Waals surface area (Å²) in [6, 6.07) is -0.896. The van der Waals surface area contributed by atoms with E-state index in [2.05, 4.69) is 20.5 Å². The van der Waals surface area contributed by atoms with Crippen molar-refractivity contribution in [3.8, 4) is 0 Å². The van der Waals surface area contributed by atoms with Crippen LogP contribution >= 0.6 is 6.04 Å². The molecule has 0 spiro atoms. The minimum Gasteiger partial charge on any atom is -0.0971 e. The summed E-state index contributed by atoms with van der Waals surface area (Å²) in [5.74, 6) is 0. The lowest BCUT2D eigenvalue weighted by Crippen LogP contribution is -1.80. The molecule has 0 aromatic heterocycles. The molecule has 0 nitrogen and oxygen atoms in total. The van der Waals surface area contributed by atoms with Gasteiger partial charge in [0.25, 0.3) is 0 Å². The predicted molar refractivity (Wildman–Crippen MR) is 48.3 cm³/mol. The van der Waals surface area contributed by atoms with Crippen molar-refractivity contribution in [1.29, 1.82) is 0 Å². The molecule has 1 rings (SSSR count). The van der Waals surface area contributed by atoms with Crippen LogP contribution in [-0.4, -0.2) is 19.0 Å². The zero-order valence-corrected chi connectivity index (χ0v) is 7.98. The van der Waals surface area contributed by atoms with Gasteiger partial charge in [-0.25, -0.2) is 0 Å². The van der Waals surface area contributed by atoms with Crippen LogP contribution in [-0.2, 0) is 11.8 Å². The molecule has 0 amide bonds. The maximum atomic E-state index is 5.43. The van der Waals surface area contributed by atoms with E-state index in [0.717, 1.165) is 0 Å². The Morgan fingerprint density at radius 1 is 1.22 bits per heavy atom. The molecule has 52 valence electrons. The van der Waals surface area contributed by atoms with Gasteiger partial charge in [0, 0.05) is 0 Å². The first-order chi connectivity index (χ1) is 4.01. The van der Waals surface area contributed by atoms with Crippen LogP contribution in [0.2, 0.25) is 0 Å². The van der Waals surface area contributed by atoms with E-state index in [1.807, 2.05) is 0 Å². The third-order valence-electron chi connectivity index (χ3n) is 1.87. The average Bonchev–Trinajstić information content (AvgIpc) is 1.79. The minimum atomic E-state index is -0.896.